The van der Waals surface area contributed by atoms with Crippen LogP contribution in [0, 0.1) is 0 Å². The van der Waals surface area contributed by atoms with E-state index in [0.717, 1.165) is 5.39 Å². The molecule has 0 aromatic carbocycles. The number of fused-ring (bicyclic) bond motifs is 1. The molecule has 2 unspecified atom stereocenters. The number of nitrogens with zero attached hydrogens (tertiary/aromatic N) is 3. The topological polar surface area (TPSA) is 49.2 Å². The summed E-state index contributed by atoms with van der Waals surface area (Å²) < 4.78 is 27.7. The fourth-order valence-corrected chi connectivity index (χ4v) is 3.47. The van der Waals surface area contributed by atoms with Crippen LogP contribution in [0.1, 0.15) is 25.3 Å². The molecule has 2 aliphatic rings. The van der Waals surface area contributed by atoms with Crippen LogP contribution in [0.4, 0.5) is 4.39 Å². The van der Waals surface area contributed by atoms with E-state index in [2.05, 4.69) is 9.97 Å². The highest BCUT2D eigenvalue weighted by Crippen LogP contribution is 2.42. The molecule has 1 aliphatic heterocycles. The van der Waals surface area contributed by atoms with E-state index in [0.29, 0.717) is 31.7 Å². The SMILES string of the molecule is FC1CC2(CCC1n1ccc3cnc(Cl)nc31)OCCO2. The van der Waals surface area contributed by atoms with Gasteiger partial charge in [0.2, 0.25) is 5.28 Å². The van der Waals surface area contributed by atoms with Gasteiger partial charge in [-0.25, -0.2) is 9.37 Å². The first-order valence-electron chi connectivity index (χ1n) is 7.08. The van der Waals surface area contributed by atoms with Gasteiger partial charge in [-0.05, 0) is 24.1 Å². The summed E-state index contributed by atoms with van der Waals surface area (Å²) in [5.41, 5.74) is 0.673. The van der Waals surface area contributed by atoms with Crippen molar-refractivity contribution < 1.29 is 13.9 Å². The summed E-state index contributed by atoms with van der Waals surface area (Å²) in [6.07, 6.45) is 4.06. The van der Waals surface area contributed by atoms with E-state index in [9.17, 15) is 4.39 Å². The van der Waals surface area contributed by atoms with Gasteiger partial charge < -0.3 is 14.0 Å². The Morgan fingerprint density at radius 3 is 2.95 bits per heavy atom. The minimum absolute atomic E-state index is 0.174. The van der Waals surface area contributed by atoms with E-state index < -0.39 is 12.0 Å². The van der Waals surface area contributed by atoms with Crippen molar-refractivity contribution in [3.05, 3.63) is 23.7 Å². The Hall–Kier alpha value is -1.24. The molecule has 2 fully saturated rings. The van der Waals surface area contributed by atoms with Gasteiger partial charge in [0, 0.05) is 30.6 Å². The molecule has 2 aromatic heterocycles. The van der Waals surface area contributed by atoms with Crippen molar-refractivity contribution in [2.75, 3.05) is 13.2 Å². The molecule has 5 nitrogen and oxygen atoms in total. The zero-order valence-electron chi connectivity index (χ0n) is 11.3. The van der Waals surface area contributed by atoms with Crippen LogP contribution in [0.15, 0.2) is 18.5 Å². The second-order valence-electron chi connectivity index (χ2n) is 5.57. The lowest BCUT2D eigenvalue weighted by Crippen LogP contribution is -2.42. The molecule has 0 N–H and O–H groups in total. The molecule has 4 rings (SSSR count). The predicted octanol–water partition coefficient (Wildman–Crippen LogP) is 2.89. The summed E-state index contributed by atoms with van der Waals surface area (Å²) in [6.45, 7) is 1.10. The zero-order valence-corrected chi connectivity index (χ0v) is 12.1. The van der Waals surface area contributed by atoms with Crippen LogP contribution in [-0.4, -0.2) is 39.7 Å². The van der Waals surface area contributed by atoms with Gasteiger partial charge in [0.15, 0.2) is 5.79 Å². The average molecular weight is 312 g/mol. The first-order valence-corrected chi connectivity index (χ1v) is 7.46. The second-order valence-corrected chi connectivity index (χ2v) is 5.91. The maximum Gasteiger partial charge on any atom is 0.224 e. The summed E-state index contributed by atoms with van der Waals surface area (Å²) in [7, 11) is 0. The number of hydrogen-bond acceptors (Lipinski definition) is 4. The second kappa shape index (κ2) is 4.90. The fourth-order valence-electron chi connectivity index (χ4n) is 3.34. The van der Waals surface area contributed by atoms with Gasteiger partial charge in [-0.1, -0.05) is 0 Å². The predicted molar refractivity (Wildman–Crippen MR) is 75.0 cm³/mol. The number of rotatable bonds is 1. The molecule has 1 spiro atoms. The molecule has 3 heterocycles. The Morgan fingerprint density at radius 2 is 2.19 bits per heavy atom. The van der Waals surface area contributed by atoms with Crippen LogP contribution < -0.4 is 0 Å². The molecule has 0 bridgehead atoms. The maximum atomic E-state index is 14.7. The third kappa shape index (κ3) is 2.22. The van der Waals surface area contributed by atoms with Crippen molar-refractivity contribution in [3.63, 3.8) is 0 Å². The molecule has 7 heteroatoms. The minimum Gasteiger partial charge on any atom is -0.347 e. The first kappa shape index (κ1) is 13.4. The van der Waals surface area contributed by atoms with Crippen LogP contribution >= 0.6 is 11.6 Å². The number of ether oxygens (including phenoxy) is 2. The Balaban J connectivity index is 1.65. The molecule has 2 atom stereocenters. The van der Waals surface area contributed by atoms with E-state index >= 15 is 0 Å². The summed E-state index contributed by atoms with van der Waals surface area (Å²) >= 11 is 5.85. The first-order chi connectivity index (χ1) is 10.2. The van der Waals surface area contributed by atoms with Crippen molar-refractivity contribution >= 4 is 22.6 Å². The normalized spacial score (nSPS) is 28.5. The number of halogens is 2. The lowest BCUT2D eigenvalue weighted by Gasteiger charge is -2.38. The Kier molecular flexibility index (Phi) is 3.13. The molecule has 2 aromatic rings. The van der Waals surface area contributed by atoms with E-state index in [4.69, 9.17) is 21.1 Å². The quantitative estimate of drug-likeness (QED) is 0.760. The molecule has 112 valence electrons. The van der Waals surface area contributed by atoms with Gasteiger partial charge in [0.1, 0.15) is 11.8 Å². The van der Waals surface area contributed by atoms with E-state index in [1.165, 1.54) is 0 Å². The van der Waals surface area contributed by atoms with Gasteiger partial charge in [-0.2, -0.15) is 4.98 Å². The summed E-state index contributed by atoms with van der Waals surface area (Å²) in [5, 5.41) is 1.04. The third-order valence-corrected chi connectivity index (χ3v) is 4.52. The number of hydrogen-bond donors (Lipinski definition) is 0. The van der Waals surface area contributed by atoms with Crippen molar-refractivity contribution in [2.45, 2.75) is 37.3 Å². The molecule has 1 aliphatic carbocycles. The highest BCUT2D eigenvalue weighted by atomic mass is 35.5. The smallest absolute Gasteiger partial charge is 0.224 e. The maximum absolute atomic E-state index is 14.7. The fraction of sp³-hybridized carbons (Fsp3) is 0.571. The van der Waals surface area contributed by atoms with E-state index in [-0.39, 0.29) is 17.7 Å². The van der Waals surface area contributed by atoms with Gasteiger partial charge in [-0.3, -0.25) is 0 Å². The van der Waals surface area contributed by atoms with Gasteiger partial charge in [0.25, 0.3) is 0 Å². The van der Waals surface area contributed by atoms with Gasteiger partial charge in [0.05, 0.1) is 19.3 Å². The minimum atomic E-state index is -1.04. The lowest BCUT2D eigenvalue weighted by molar-refractivity contribution is -0.194. The van der Waals surface area contributed by atoms with Crippen LogP contribution in [0.25, 0.3) is 11.0 Å². The van der Waals surface area contributed by atoms with Crippen LogP contribution in [0.5, 0.6) is 0 Å². The highest BCUT2D eigenvalue weighted by molar-refractivity contribution is 6.28. The van der Waals surface area contributed by atoms with E-state index in [1.807, 2.05) is 16.8 Å². The van der Waals surface area contributed by atoms with Crippen molar-refractivity contribution in [1.29, 1.82) is 0 Å². The van der Waals surface area contributed by atoms with Crippen LogP contribution in [0.3, 0.4) is 0 Å². The molecule has 0 amide bonds. The molecule has 1 saturated heterocycles. The van der Waals surface area contributed by atoms with Crippen molar-refractivity contribution in [1.82, 2.24) is 14.5 Å². The highest BCUT2D eigenvalue weighted by Gasteiger charge is 2.46. The molecule has 21 heavy (non-hydrogen) atoms. The molecule has 1 saturated carbocycles. The van der Waals surface area contributed by atoms with Crippen LogP contribution in [-0.2, 0) is 9.47 Å². The van der Waals surface area contributed by atoms with Gasteiger partial charge >= 0.3 is 0 Å². The van der Waals surface area contributed by atoms with Crippen molar-refractivity contribution in [2.24, 2.45) is 0 Å². The van der Waals surface area contributed by atoms with Gasteiger partial charge in [-0.15, -0.1) is 0 Å². The summed E-state index contributed by atoms with van der Waals surface area (Å²) in [5.74, 6) is -0.717. The third-order valence-electron chi connectivity index (χ3n) is 4.34. The van der Waals surface area contributed by atoms with Crippen LogP contribution in [0.2, 0.25) is 5.28 Å². The number of alkyl halides is 1. The monoisotopic (exact) mass is 311 g/mol. The largest absolute Gasteiger partial charge is 0.347 e. The number of aromatic nitrogens is 3. The Labute approximate surface area is 126 Å². The lowest BCUT2D eigenvalue weighted by atomic mass is 9.88. The van der Waals surface area contributed by atoms with Crippen molar-refractivity contribution in [3.8, 4) is 0 Å². The zero-order chi connectivity index (χ0) is 14.4. The average Bonchev–Trinajstić information content (AvgIpc) is 3.07. The Morgan fingerprint density at radius 1 is 1.38 bits per heavy atom. The molecular weight excluding hydrogens is 297 g/mol. The summed E-state index contributed by atoms with van der Waals surface area (Å²) in [4.78, 5) is 8.17. The summed E-state index contributed by atoms with van der Waals surface area (Å²) in [6, 6.07) is 1.61. The molecule has 0 radical (unpaired) electrons. The standard InChI is InChI=1S/C14H15ClFN3O2/c15-13-17-8-9-2-4-19(12(9)18-13)11-1-3-14(7-10(11)16)20-5-6-21-14/h2,4,8,10-11H,1,3,5-7H2. The van der Waals surface area contributed by atoms with E-state index in [1.54, 1.807) is 6.20 Å². The Bertz CT molecular complexity index is 671. The molecular formula is C14H15ClFN3O2.